The van der Waals surface area contributed by atoms with Gasteiger partial charge < -0.3 is 9.64 Å². The van der Waals surface area contributed by atoms with Gasteiger partial charge in [0.15, 0.2) is 5.75 Å². The van der Waals surface area contributed by atoms with E-state index in [-0.39, 0.29) is 42.1 Å². The zero-order valence-electron chi connectivity index (χ0n) is 23.8. The lowest BCUT2D eigenvalue weighted by atomic mass is 9.84. The molecule has 0 N–H and O–H groups in total. The molecule has 3 aromatic heterocycles. The molecule has 1 fully saturated rings. The van der Waals surface area contributed by atoms with Crippen LogP contribution in [0.2, 0.25) is 0 Å². The first-order valence-corrected chi connectivity index (χ1v) is 14.6. The topological polar surface area (TPSA) is 108 Å². The van der Waals surface area contributed by atoms with Crippen LogP contribution in [0.15, 0.2) is 45.9 Å². The predicted octanol–water partition coefficient (Wildman–Crippen LogP) is 4.66. The van der Waals surface area contributed by atoms with Crippen molar-refractivity contribution in [3.05, 3.63) is 85.3 Å². The molecule has 10 nitrogen and oxygen atoms in total. The molecule has 0 saturated heterocycles. The van der Waals surface area contributed by atoms with Gasteiger partial charge in [-0.1, -0.05) is 22.9 Å². The van der Waals surface area contributed by atoms with Gasteiger partial charge in [0.2, 0.25) is 11.9 Å². The number of aromatic nitrogens is 6. The average molecular weight is 619 g/mol. The number of halogens is 1. The average Bonchev–Trinajstić information content (AvgIpc) is 3.27. The van der Waals surface area contributed by atoms with Gasteiger partial charge in [0, 0.05) is 27.3 Å². The molecule has 11 heteroatoms. The second-order valence-corrected chi connectivity index (χ2v) is 12.2. The minimum Gasteiger partial charge on any atom is -0.487 e. The number of nitrogens with zero attached hydrogens (tertiary/aromatic N) is 7. The van der Waals surface area contributed by atoms with Crippen molar-refractivity contribution in [3.63, 3.8) is 0 Å². The summed E-state index contributed by atoms with van der Waals surface area (Å²) in [6, 6.07) is 7.28. The van der Waals surface area contributed by atoms with E-state index in [1.165, 1.54) is 4.57 Å². The standard InChI is InChI=1S/C30H32BrN7O3/c1-16-8-22(9-16)41-23-13-32-29(33-14-23)37-28(40)24-12-19(4)36(27(39)21-6-7-25(31)17(2)10-21)15-26(24)34-30(37)38-20(5)11-18(3)35-38/h6-7,10-11,13-14,16,19,22H,8-9,12,15H2,1-5H3/t16?,19-,22?/m1/s1. The number of ether oxygens (including phenoxy) is 1. The second-order valence-electron chi connectivity index (χ2n) is 11.3. The highest BCUT2D eigenvalue weighted by molar-refractivity contribution is 9.10. The van der Waals surface area contributed by atoms with Crippen molar-refractivity contribution in [2.24, 2.45) is 5.92 Å². The molecule has 0 spiro atoms. The molecule has 2 aliphatic rings. The van der Waals surface area contributed by atoms with Crippen molar-refractivity contribution in [2.45, 2.75) is 72.6 Å². The molecular weight excluding hydrogens is 586 g/mol. The molecule has 0 unspecified atom stereocenters. The third-order valence-corrected chi connectivity index (χ3v) is 8.80. The molecule has 1 aliphatic heterocycles. The second kappa shape index (κ2) is 10.5. The maximum atomic E-state index is 14.1. The molecule has 1 saturated carbocycles. The fraction of sp³-hybridized carbons (Fsp3) is 0.400. The Bertz CT molecular complexity index is 1710. The number of aryl methyl sites for hydroxylation is 3. The van der Waals surface area contributed by atoms with E-state index in [9.17, 15) is 9.59 Å². The van der Waals surface area contributed by atoms with Gasteiger partial charge in [0.1, 0.15) is 0 Å². The van der Waals surface area contributed by atoms with Crippen LogP contribution < -0.4 is 10.3 Å². The first-order valence-electron chi connectivity index (χ1n) is 13.8. The van der Waals surface area contributed by atoms with E-state index >= 15 is 0 Å². The quantitative estimate of drug-likeness (QED) is 0.320. The minimum atomic E-state index is -0.266. The van der Waals surface area contributed by atoms with Crippen LogP contribution >= 0.6 is 15.9 Å². The number of fused-ring (bicyclic) bond motifs is 1. The maximum absolute atomic E-state index is 14.1. The number of rotatable bonds is 5. The fourth-order valence-electron chi connectivity index (χ4n) is 5.62. The van der Waals surface area contributed by atoms with E-state index in [1.807, 2.05) is 52.0 Å². The number of hydrogen-bond acceptors (Lipinski definition) is 7. The molecule has 6 rings (SSSR count). The lowest BCUT2D eigenvalue weighted by molar-refractivity contribution is 0.0652. The highest BCUT2D eigenvalue weighted by Crippen LogP contribution is 2.30. The summed E-state index contributed by atoms with van der Waals surface area (Å²) in [6.07, 6.45) is 5.76. The first kappa shape index (κ1) is 27.3. The molecule has 1 atom stereocenters. The Labute approximate surface area is 246 Å². The van der Waals surface area contributed by atoms with E-state index in [4.69, 9.17) is 9.72 Å². The Balaban J connectivity index is 1.41. The van der Waals surface area contributed by atoms with Gasteiger partial charge in [0.05, 0.1) is 36.4 Å². The summed E-state index contributed by atoms with van der Waals surface area (Å²) in [4.78, 5) is 43.4. The van der Waals surface area contributed by atoms with Gasteiger partial charge in [-0.3, -0.25) is 9.59 Å². The van der Waals surface area contributed by atoms with Gasteiger partial charge in [-0.15, -0.1) is 0 Å². The minimum absolute atomic E-state index is 0.0998. The Morgan fingerprint density at radius 1 is 1.07 bits per heavy atom. The summed E-state index contributed by atoms with van der Waals surface area (Å²) in [6.45, 7) is 10.1. The Kier molecular flexibility index (Phi) is 7.01. The monoisotopic (exact) mass is 617 g/mol. The van der Waals surface area contributed by atoms with Crippen LogP contribution in [0.4, 0.5) is 0 Å². The van der Waals surface area contributed by atoms with Crippen molar-refractivity contribution in [3.8, 4) is 17.6 Å². The Morgan fingerprint density at radius 3 is 2.44 bits per heavy atom. The summed E-state index contributed by atoms with van der Waals surface area (Å²) in [5, 5.41) is 4.60. The molecule has 4 aromatic rings. The number of carbonyl (C=O) groups excluding carboxylic acids is 1. The van der Waals surface area contributed by atoms with Crippen LogP contribution in [0.25, 0.3) is 11.9 Å². The van der Waals surface area contributed by atoms with E-state index < -0.39 is 0 Å². The van der Waals surface area contributed by atoms with Gasteiger partial charge >= 0.3 is 0 Å². The van der Waals surface area contributed by atoms with Crippen LogP contribution in [0.5, 0.6) is 5.75 Å². The number of hydrogen-bond donors (Lipinski definition) is 0. The molecule has 212 valence electrons. The summed E-state index contributed by atoms with van der Waals surface area (Å²) in [5.41, 5.74) is 4.01. The van der Waals surface area contributed by atoms with Gasteiger partial charge in [-0.05, 0) is 82.7 Å². The summed E-state index contributed by atoms with van der Waals surface area (Å²) >= 11 is 3.50. The SMILES string of the molecule is Cc1cc(C)n(-c2nc3c(c(=O)n2-c2ncc(OC4CC(C)C4)cn2)C[C@@H](C)N(C(=O)c2ccc(Br)c(C)c2)C3)n1. The van der Waals surface area contributed by atoms with E-state index in [0.29, 0.717) is 34.9 Å². The van der Waals surface area contributed by atoms with Crippen molar-refractivity contribution in [1.29, 1.82) is 0 Å². The van der Waals surface area contributed by atoms with Crippen LogP contribution in [-0.2, 0) is 13.0 Å². The molecule has 4 heterocycles. The predicted molar refractivity (Wildman–Crippen MR) is 157 cm³/mol. The maximum Gasteiger partial charge on any atom is 0.265 e. The van der Waals surface area contributed by atoms with Crippen molar-refractivity contribution < 1.29 is 9.53 Å². The number of benzene rings is 1. The normalized spacial score (nSPS) is 20.0. The molecule has 41 heavy (non-hydrogen) atoms. The van der Waals surface area contributed by atoms with E-state index in [1.54, 1.807) is 22.0 Å². The molecular formula is C30H32BrN7O3. The van der Waals surface area contributed by atoms with Crippen molar-refractivity contribution >= 4 is 21.8 Å². The number of carbonyl (C=O) groups is 1. The van der Waals surface area contributed by atoms with E-state index in [2.05, 4.69) is 37.9 Å². The first-order chi connectivity index (χ1) is 19.6. The Hall–Kier alpha value is -3.86. The molecule has 0 radical (unpaired) electrons. The fourth-order valence-corrected chi connectivity index (χ4v) is 5.86. The molecule has 1 amide bonds. The molecule has 1 aromatic carbocycles. The van der Waals surface area contributed by atoms with Crippen LogP contribution in [0.1, 0.15) is 65.3 Å². The van der Waals surface area contributed by atoms with Crippen molar-refractivity contribution in [1.82, 2.24) is 34.2 Å². The zero-order chi connectivity index (χ0) is 29.0. The third-order valence-electron chi connectivity index (χ3n) is 7.91. The summed E-state index contributed by atoms with van der Waals surface area (Å²) in [7, 11) is 0. The van der Waals surface area contributed by atoms with Gasteiger partial charge in [0.25, 0.3) is 11.5 Å². The van der Waals surface area contributed by atoms with Crippen LogP contribution in [0, 0.1) is 26.7 Å². The number of amides is 1. The highest BCUT2D eigenvalue weighted by atomic mass is 79.9. The summed E-state index contributed by atoms with van der Waals surface area (Å²) < 4.78 is 9.97. The van der Waals surface area contributed by atoms with E-state index in [0.717, 1.165) is 34.3 Å². The lowest BCUT2D eigenvalue weighted by Gasteiger charge is -2.34. The summed E-state index contributed by atoms with van der Waals surface area (Å²) in [5.74, 6) is 1.61. The third kappa shape index (κ3) is 5.07. The smallest absolute Gasteiger partial charge is 0.265 e. The van der Waals surface area contributed by atoms with Crippen LogP contribution in [0.3, 0.4) is 0 Å². The van der Waals surface area contributed by atoms with Gasteiger partial charge in [-0.25, -0.2) is 24.2 Å². The largest absolute Gasteiger partial charge is 0.487 e. The van der Waals surface area contributed by atoms with Gasteiger partial charge in [-0.2, -0.15) is 5.10 Å². The molecule has 1 aliphatic carbocycles. The van der Waals surface area contributed by atoms with Crippen LogP contribution in [-0.4, -0.2) is 52.3 Å². The highest BCUT2D eigenvalue weighted by Gasteiger charge is 2.33. The molecule has 0 bridgehead atoms. The lowest BCUT2D eigenvalue weighted by Crippen LogP contribution is -2.46. The Morgan fingerprint density at radius 2 is 1.80 bits per heavy atom. The zero-order valence-corrected chi connectivity index (χ0v) is 25.3. The van der Waals surface area contributed by atoms with Crippen molar-refractivity contribution in [2.75, 3.05) is 0 Å².